The topological polar surface area (TPSA) is 42.2 Å². The zero-order valence-corrected chi connectivity index (χ0v) is 9.39. The molecule has 0 spiro atoms. The largest absolute Gasteiger partial charge is 0.389 e. The van der Waals surface area contributed by atoms with Crippen LogP contribution in [0.3, 0.4) is 0 Å². The van der Waals surface area contributed by atoms with E-state index in [1.807, 2.05) is 0 Å². The Morgan fingerprint density at radius 2 is 2.57 bits per heavy atom. The molecule has 1 aliphatic rings. The summed E-state index contributed by atoms with van der Waals surface area (Å²) in [6.45, 7) is 4.57. The number of nitrogen functional groups attached to an aromatic ring is 1. The third kappa shape index (κ3) is 2.00. The molecule has 1 aliphatic heterocycles. The number of hydrogen-bond acceptors (Lipinski definition) is 4. The minimum Gasteiger partial charge on any atom is -0.389 e. The number of anilines is 2. The Kier molecular flexibility index (Phi) is 2.91. The van der Waals surface area contributed by atoms with E-state index < -0.39 is 0 Å². The van der Waals surface area contributed by atoms with Crippen molar-refractivity contribution >= 4 is 21.5 Å². The minimum atomic E-state index is 0.818. The molecule has 78 valence electrons. The summed E-state index contributed by atoms with van der Waals surface area (Å²) in [5.74, 6) is 0.866. The van der Waals surface area contributed by atoms with E-state index in [2.05, 4.69) is 16.8 Å². The van der Waals surface area contributed by atoms with Gasteiger partial charge < -0.3 is 10.6 Å². The van der Waals surface area contributed by atoms with Crippen LogP contribution in [-0.2, 0) is 0 Å². The van der Waals surface area contributed by atoms with Crippen LogP contribution >= 0.6 is 11.3 Å². The molecule has 0 aromatic carbocycles. The van der Waals surface area contributed by atoms with Gasteiger partial charge in [-0.1, -0.05) is 24.7 Å². The van der Waals surface area contributed by atoms with Gasteiger partial charge in [-0.2, -0.15) is 0 Å². The van der Waals surface area contributed by atoms with Crippen LogP contribution in [0, 0.1) is 5.92 Å². The predicted octanol–water partition coefficient (Wildman–Crippen LogP) is 2.35. The van der Waals surface area contributed by atoms with Gasteiger partial charge in [-0.15, -0.1) is 0 Å². The first-order valence-electron chi connectivity index (χ1n) is 5.26. The van der Waals surface area contributed by atoms with Crippen molar-refractivity contribution in [1.29, 1.82) is 0 Å². The Bertz CT molecular complexity index is 297. The lowest BCUT2D eigenvalue weighted by atomic mass is 10.0. The van der Waals surface area contributed by atoms with Crippen LogP contribution < -0.4 is 10.6 Å². The number of nitrogens with zero attached hydrogens (tertiary/aromatic N) is 2. The average molecular weight is 211 g/mol. The highest BCUT2D eigenvalue weighted by Crippen LogP contribution is 2.30. The quantitative estimate of drug-likeness (QED) is 0.834. The molecule has 1 saturated heterocycles. The molecule has 0 aliphatic carbocycles. The summed E-state index contributed by atoms with van der Waals surface area (Å²) in [5.41, 5.74) is 5.67. The van der Waals surface area contributed by atoms with Crippen LogP contribution in [0.1, 0.15) is 26.2 Å². The molecule has 2 heterocycles. The lowest BCUT2D eigenvalue weighted by Gasteiger charge is -2.14. The highest BCUT2D eigenvalue weighted by atomic mass is 32.1. The lowest BCUT2D eigenvalue weighted by molar-refractivity contribution is 0.530. The first kappa shape index (κ1) is 9.77. The molecule has 1 aromatic heterocycles. The number of nitrogens with two attached hydrogens (primary N) is 1. The van der Waals surface area contributed by atoms with Crippen LogP contribution in [0.5, 0.6) is 0 Å². The van der Waals surface area contributed by atoms with Gasteiger partial charge in [-0.25, -0.2) is 4.98 Å². The van der Waals surface area contributed by atoms with E-state index in [9.17, 15) is 0 Å². The Morgan fingerprint density at radius 3 is 3.21 bits per heavy atom. The molecule has 0 amide bonds. The minimum absolute atomic E-state index is 0.818. The molecule has 2 rings (SSSR count). The maximum absolute atomic E-state index is 5.67. The molecule has 1 unspecified atom stereocenters. The van der Waals surface area contributed by atoms with Crippen LogP contribution in [0.15, 0.2) is 6.20 Å². The fourth-order valence-corrected chi connectivity index (χ4v) is 2.79. The molecule has 4 heteroatoms. The number of aromatic nitrogens is 1. The van der Waals surface area contributed by atoms with Crippen molar-refractivity contribution in [3.8, 4) is 0 Å². The fraction of sp³-hybridized carbons (Fsp3) is 0.700. The summed E-state index contributed by atoms with van der Waals surface area (Å²) < 4.78 is 0. The Labute approximate surface area is 88.9 Å². The summed E-state index contributed by atoms with van der Waals surface area (Å²) in [4.78, 5) is 6.67. The van der Waals surface area contributed by atoms with E-state index in [4.69, 9.17) is 5.73 Å². The smallest absolute Gasteiger partial charge is 0.187 e. The van der Waals surface area contributed by atoms with Crippen molar-refractivity contribution in [3.05, 3.63) is 6.20 Å². The van der Waals surface area contributed by atoms with Gasteiger partial charge in [-0.05, 0) is 18.8 Å². The van der Waals surface area contributed by atoms with Crippen molar-refractivity contribution in [2.24, 2.45) is 5.92 Å². The third-order valence-electron chi connectivity index (χ3n) is 2.76. The standard InChI is InChI=1S/C10H17N3S/c1-2-3-8-4-5-13(7-8)10-12-6-9(11)14-10/h6,8H,2-5,7,11H2,1H3. The molecule has 0 radical (unpaired) electrons. The van der Waals surface area contributed by atoms with Crippen LogP contribution in [0.25, 0.3) is 0 Å². The van der Waals surface area contributed by atoms with E-state index >= 15 is 0 Å². The van der Waals surface area contributed by atoms with Crippen LogP contribution in [-0.4, -0.2) is 18.1 Å². The van der Waals surface area contributed by atoms with Crippen molar-refractivity contribution < 1.29 is 0 Å². The van der Waals surface area contributed by atoms with Gasteiger partial charge in [0.2, 0.25) is 0 Å². The second-order valence-corrected chi connectivity index (χ2v) is 4.98. The molecular formula is C10H17N3S. The zero-order valence-electron chi connectivity index (χ0n) is 8.57. The number of thiazole rings is 1. The van der Waals surface area contributed by atoms with Gasteiger partial charge >= 0.3 is 0 Å². The number of rotatable bonds is 3. The van der Waals surface area contributed by atoms with Crippen LogP contribution in [0.4, 0.5) is 10.1 Å². The molecule has 2 N–H and O–H groups in total. The van der Waals surface area contributed by atoms with Gasteiger partial charge in [0, 0.05) is 13.1 Å². The normalized spacial score (nSPS) is 21.8. The highest BCUT2D eigenvalue weighted by molar-refractivity contribution is 7.19. The molecule has 1 atom stereocenters. The number of hydrogen-bond donors (Lipinski definition) is 1. The first-order valence-corrected chi connectivity index (χ1v) is 6.07. The van der Waals surface area contributed by atoms with E-state index in [0.717, 1.165) is 22.6 Å². The maximum atomic E-state index is 5.67. The second-order valence-electron chi connectivity index (χ2n) is 3.93. The molecule has 14 heavy (non-hydrogen) atoms. The summed E-state index contributed by atoms with van der Waals surface area (Å²) in [6, 6.07) is 0. The van der Waals surface area contributed by atoms with Gasteiger partial charge in [-0.3, -0.25) is 0 Å². The van der Waals surface area contributed by atoms with Crippen molar-refractivity contribution in [1.82, 2.24) is 4.98 Å². The zero-order chi connectivity index (χ0) is 9.97. The van der Waals surface area contributed by atoms with Crippen molar-refractivity contribution in [2.75, 3.05) is 23.7 Å². The summed E-state index contributed by atoms with van der Waals surface area (Å²) in [5, 5.41) is 1.92. The lowest BCUT2D eigenvalue weighted by Crippen LogP contribution is -2.19. The SMILES string of the molecule is CCCC1CCN(c2ncc(N)s2)C1. The van der Waals surface area contributed by atoms with E-state index in [0.29, 0.717) is 0 Å². The summed E-state index contributed by atoms with van der Waals surface area (Å²) in [6.07, 6.45) is 5.70. The van der Waals surface area contributed by atoms with Gasteiger partial charge in [0.1, 0.15) is 5.00 Å². The van der Waals surface area contributed by atoms with Crippen molar-refractivity contribution in [3.63, 3.8) is 0 Å². The first-order chi connectivity index (χ1) is 6.79. The summed E-state index contributed by atoms with van der Waals surface area (Å²) >= 11 is 1.60. The van der Waals surface area contributed by atoms with E-state index in [-0.39, 0.29) is 0 Å². The van der Waals surface area contributed by atoms with Crippen LogP contribution in [0.2, 0.25) is 0 Å². The fourth-order valence-electron chi connectivity index (χ4n) is 2.07. The second kappa shape index (κ2) is 4.17. The third-order valence-corrected chi connectivity index (χ3v) is 3.65. The summed E-state index contributed by atoms with van der Waals surface area (Å²) in [7, 11) is 0. The van der Waals surface area contributed by atoms with Gasteiger partial charge in [0.15, 0.2) is 5.13 Å². The Morgan fingerprint density at radius 1 is 1.71 bits per heavy atom. The molecule has 0 saturated carbocycles. The average Bonchev–Trinajstić information content (AvgIpc) is 2.74. The molecule has 0 bridgehead atoms. The molecule has 1 fully saturated rings. The van der Waals surface area contributed by atoms with Gasteiger partial charge in [0.05, 0.1) is 6.20 Å². The van der Waals surface area contributed by atoms with Crippen molar-refractivity contribution in [2.45, 2.75) is 26.2 Å². The molecular weight excluding hydrogens is 194 g/mol. The van der Waals surface area contributed by atoms with E-state index in [1.165, 1.54) is 25.8 Å². The van der Waals surface area contributed by atoms with E-state index in [1.54, 1.807) is 17.5 Å². The highest BCUT2D eigenvalue weighted by Gasteiger charge is 2.23. The predicted molar refractivity (Wildman–Crippen MR) is 61.8 cm³/mol. The van der Waals surface area contributed by atoms with Gasteiger partial charge in [0.25, 0.3) is 0 Å². The maximum Gasteiger partial charge on any atom is 0.187 e. The Balaban J connectivity index is 1.95. The monoisotopic (exact) mass is 211 g/mol. The molecule has 3 nitrogen and oxygen atoms in total. The Hall–Kier alpha value is -0.770. The molecule has 1 aromatic rings.